The number of amides is 1. The molecule has 1 aromatic rings. The number of hydrogen-bond acceptors (Lipinski definition) is 3. The maximum atomic E-state index is 13.5. The van der Waals surface area contributed by atoms with Gasteiger partial charge in [0, 0.05) is 18.5 Å². The van der Waals surface area contributed by atoms with Crippen molar-refractivity contribution in [1.29, 1.82) is 0 Å². The number of ether oxygens (including phenoxy) is 1. The zero-order valence-electron chi connectivity index (χ0n) is 13.4. The fourth-order valence-electron chi connectivity index (χ4n) is 1.85. The predicted molar refractivity (Wildman–Crippen MR) is 74.2 cm³/mol. The minimum atomic E-state index is -4.99. The van der Waals surface area contributed by atoms with Gasteiger partial charge in [0.25, 0.3) is 0 Å². The molecule has 1 aromatic carbocycles. The molecule has 0 heterocycles. The summed E-state index contributed by atoms with van der Waals surface area (Å²) in [4.78, 5) is 22.0. The molecule has 0 bridgehead atoms. The van der Waals surface area contributed by atoms with Crippen LogP contribution < -0.4 is 10.1 Å². The monoisotopic (exact) mass is 389 g/mol. The van der Waals surface area contributed by atoms with Gasteiger partial charge in [-0.15, -0.1) is 0 Å². The molecule has 0 unspecified atom stereocenters. The third-order valence-electron chi connectivity index (χ3n) is 3.26. The van der Waals surface area contributed by atoms with Gasteiger partial charge in [0.15, 0.2) is 11.6 Å². The van der Waals surface area contributed by atoms with E-state index in [1.54, 1.807) is 5.32 Å². The molecule has 0 atom stereocenters. The lowest BCUT2D eigenvalue weighted by Gasteiger charge is -2.10. The van der Waals surface area contributed by atoms with Crippen LogP contribution >= 0.6 is 0 Å². The Hall–Kier alpha value is -2.33. The van der Waals surface area contributed by atoms with E-state index in [0.29, 0.717) is 0 Å². The van der Waals surface area contributed by atoms with Crippen molar-refractivity contribution in [2.75, 3.05) is 6.54 Å². The molecule has 0 aliphatic heterocycles. The van der Waals surface area contributed by atoms with Crippen molar-refractivity contribution >= 4 is 11.9 Å². The predicted octanol–water partition coefficient (Wildman–Crippen LogP) is 3.70. The molecule has 1 amide bonds. The Kier molecular flexibility index (Phi) is 7.40. The summed E-state index contributed by atoms with van der Waals surface area (Å²) in [6, 6.07) is 0. The number of alkyl halides is 3. The molecule has 0 spiro atoms. The van der Waals surface area contributed by atoms with Crippen LogP contribution in [0.25, 0.3) is 0 Å². The minimum Gasteiger partial charge on any atom is -0.420 e. The molecule has 146 valence electrons. The first kappa shape index (κ1) is 21.7. The summed E-state index contributed by atoms with van der Waals surface area (Å²) >= 11 is 0. The molecule has 26 heavy (non-hydrogen) atoms. The van der Waals surface area contributed by atoms with Crippen LogP contribution in [-0.4, -0.2) is 24.6 Å². The topological polar surface area (TPSA) is 55.4 Å². The van der Waals surface area contributed by atoms with E-state index in [9.17, 15) is 40.3 Å². The molecule has 0 saturated heterocycles. The van der Waals surface area contributed by atoms with Crippen LogP contribution in [0.3, 0.4) is 0 Å². The maximum absolute atomic E-state index is 13.5. The van der Waals surface area contributed by atoms with Crippen molar-refractivity contribution in [2.24, 2.45) is 0 Å². The minimum absolute atomic E-state index is 0.0563. The van der Waals surface area contributed by atoms with Gasteiger partial charge in [-0.2, -0.15) is 22.0 Å². The summed E-state index contributed by atoms with van der Waals surface area (Å²) in [5, 5.41) is 1.62. The molecule has 0 saturated carbocycles. The van der Waals surface area contributed by atoms with E-state index in [-0.39, 0.29) is 25.8 Å². The van der Waals surface area contributed by atoms with E-state index in [2.05, 4.69) is 4.74 Å². The average Bonchev–Trinajstić information content (AvgIpc) is 2.57. The number of rotatable bonds is 7. The molecular weight excluding hydrogens is 375 g/mol. The van der Waals surface area contributed by atoms with Gasteiger partial charge in [-0.05, 0) is 19.8 Å². The van der Waals surface area contributed by atoms with E-state index in [1.807, 2.05) is 0 Å². The fraction of sp³-hybridized carbons (Fsp3) is 0.467. The van der Waals surface area contributed by atoms with E-state index in [4.69, 9.17) is 0 Å². The Bertz CT molecular complexity index is 660. The van der Waals surface area contributed by atoms with Gasteiger partial charge in [-0.25, -0.2) is 8.78 Å². The Morgan fingerprint density at radius 3 is 1.96 bits per heavy atom. The van der Waals surface area contributed by atoms with E-state index >= 15 is 0 Å². The van der Waals surface area contributed by atoms with E-state index in [1.165, 1.54) is 0 Å². The summed E-state index contributed by atoms with van der Waals surface area (Å²) in [6.07, 6.45) is -5.04. The normalized spacial score (nSPS) is 11.4. The van der Waals surface area contributed by atoms with Gasteiger partial charge in [0.2, 0.25) is 17.4 Å². The van der Waals surface area contributed by atoms with Gasteiger partial charge in [-0.3, -0.25) is 9.59 Å². The highest BCUT2D eigenvalue weighted by Gasteiger charge is 2.38. The van der Waals surface area contributed by atoms with Crippen LogP contribution in [0.1, 0.15) is 31.2 Å². The zero-order chi connectivity index (χ0) is 20.1. The second-order valence-corrected chi connectivity index (χ2v) is 5.25. The lowest BCUT2D eigenvalue weighted by Crippen LogP contribution is -2.37. The highest BCUT2D eigenvalue weighted by Crippen LogP contribution is 2.29. The molecule has 0 fully saturated rings. The van der Waals surface area contributed by atoms with Crippen molar-refractivity contribution in [3.8, 4) is 5.75 Å². The van der Waals surface area contributed by atoms with Crippen molar-refractivity contribution in [3.63, 3.8) is 0 Å². The Labute approximate surface area is 143 Å². The largest absolute Gasteiger partial charge is 0.471 e. The summed E-state index contributed by atoms with van der Waals surface area (Å²) < 4.78 is 93.7. The van der Waals surface area contributed by atoms with Crippen molar-refractivity contribution < 1.29 is 45.1 Å². The zero-order valence-corrected chi connectivity index (χ0v) is 13.4. The summed E-state index contributed by atoms with van der Waals surface area (Å²) in [7, 11) is 0. The van der Waals surface area contributed by atoms with Crippen LogP contribution in [0.2, 0.25) is 0 Å². The maximum Gasteiger partial charge on any atom is 0.471 e. The third kappa shape index (κ3) is 5.60. The van der Waals surface area contributed by atoms with Crippen LogP contribution in [0, 0.1) is 30.2 Å². The fourth-order valence-corrected chi connectivity index (χ4v) is 1.85. The first-order chi connectivity index (χ1) is 12.0. The van der Waals surface area contributed by atoms with Crippen molar-refractivity contribution in [3.05, 3.63) is 28.8 Å². The Balaban J connectivity index is 2.44. The second kappa shape index (κ2) is 8.86. The number of carbonyl (C=O) groups is 2. The standard InChI is InChI=1S/C15H14F7NO3/c1-7-9(16)11(18)13(12(19)10(7)17)26-8(24)5-3-2-4-6-23-14(25)15(20,21)22/h2-6H2,1H3,(H,23,25). The number of benzene rings is 1. The first-order valence-electron chi connectivity index (χ1n) is 7.35. The molecule has 0 radical (unpaired) electrons. The SMILES string of the molecule is Cc1c(F)c(F)c(OC(=O)CCCCCNC(=O)C(F)(F)F)c(F)c1F. The quantitative estimate of drug-likeness (QED) is 0.254. The summed E-state index contributed by atoms with van der Waals surface area (Å²) in [6.45, 7) is 0.519. The highest BCUT2D eigenvalue weighted by atomic mass is 19.4. The van der Waals surface area contributed by atoms with Crippen LogP contribution in [-0.2, 0) is 9.59 Å². The number of carbonyl (C=O) groups excluding carboxylic acids is 2. The lowest BCUT2D eigenvalue weighted by molar-refractivity contribution is -0.173. The Morgan fingerprint density at radius 1 is 0.923 bits per heavy atom. The van der Waals surface area contributed by atoms with Crippen LogP contribution in [0.15, 0.2) is 0 Å². The molecule has 11 heteroatoms. The van der Waals surface area contributed by atoms with Crippen LogP contribution in [0.4, 0.5) is 30.7 Å². The van der Waals surface area contributed by atoms with Crippen LogP contribution in [0.5, 0.6) is 5.75 Å². The molecular formula is C15H14F7NO3. The lowest BCUT2D eigenvalue weighted by atomic mass is 10.2. The van der Waals surface area contributed by atoms with Gasteiger partial charge in [-0.1, -0.05) is 6.42 Å². The van der Waals surface area contributed by atoms with E-state index in [0.717, 1.165) is 6.92 Å². The third-order valence-corrected chi connectivity index (χ3v) is 3.26. The molecule has 0 aromatic heterocycles. The number of nitrogens with one attached hydrogen (secondary N) is 1. The van der Waals surface area contributed by atoms with Gasteiger partial charge in [0.1, 0.15) is 0 Å². The highest BCUT2D eigenvalue weighted by molar-refractivity contribution is 5.81. The molecule has 1 N–H and O–H groups in total. The van der Waals surface area contributed by atoms with Crippen molar-refractivity contribution in [1.82, 2.24) is 5.32 Å². The molecule has 0 aliphatic rings. The van der Waals surface area contributed by atoms with Crippen molar-refractivity contribution in [2.45, 2.75) is 38.8 Å². The number of unbranched alkanes of at least 4 members (excludes halogenated alkanes) is 2. The molecule has 0 aliphatic carbocycles. The second-order valence-electron chi connectivity index (χ2n) is 5.25. The van der Waals surface area contributed by atoms with Gasteiger partial charge >= 0.3 is 18.1 Å². The Morgan fingerprint density at radius 2 is 1.46 bits per heavy atom. The first-order valence-corrected chi connectivity index (χ1v) is 7.35. The van der Waals surface area contributed by atoms with Gasteiger partial charge in [0.05, 0.1) is 0 Å². The number of hydrogen-bond donors (Lipinski definition) is 1. The number of halogens is 7. The summed E-state index contributed by atoms with van der Waals surface area (Å²) in [5.41, 5.74) is -0.902. The molecule has 1 rings (SSSR count). The summed E-state index contributed by atoms with van der Waals surface area (Å²) in [5.74, 6) is -11.8. The van der Waals surface area contributed by atoms with Gasteiger partial charge < -0.3 is 10.1 Å². The smallest absolute Gasteiger partial charge is 0.420 e. The average molecular weight is 389 g/mol. The number of esters is 1. The molecule has 4 nitrogen and oxygen atoms in total. The van der Waals surface area contributed by atoms with E-state index < -0.39 is 59.1 Å².